The molecule has 0 radical (unpaired) electrons. The zero-order chi connectivity index (χ0) is 24.6. The molecule has 2 rings (SSSR count). The van der Waals surface area contributed by atoms with Crippen molar-refractivity contribution in [2.75, 3.05) is 26.3 Å². The van der Waals surface area contributed by atoms with Crippen molar-refractivity contribution in [3.8, 4) is 0 Å². The summed E-state index contributed by atoms with van der Waals surface area (Å²) in [6.07, 6.45) is 18.1. The van der Waals surface area contributed by atoms with Crippen molar-refractivity contribution in [1.82, 2.24) is 14.4 Å². The topological polar surface area (TPSA) is 167 Å². The molecule has 1 aliphatic rings. The summed E-state index contributed by atoms with van der Waals surface area (Å²) in [7, 11) is -9.58. The Hall–Kier alpha value is -1.81. The van der Waals surface area contributed by atoms with Gasteiger partial charge in [0.05, 0.1) is 19.4 Å². The second-order valence-electron chi connectivity index (χ2n) is 7.03. The average molecular weight is 499 g/mol. The van der Waals surface area contributed by atoms with Gasteiger partial charge in [0.15, 0.2) is 0 Å². The predicted molar refractivity (Wildman–Crippen MR) is 119 cm³/mol. The summed E-state index contributed by atoms with van der Waals surface area (Å²) in [5, 5.41) is 0. The molecule has 14 heteroatoms. The van der Waals surface area contributed by atoms with Crippen molar-refractivity contribution in [2.45, 2.75) is 45.1 Å². The van der Waals surface area contributed by atoms with Crippen LogP contribution in [-0.4, -0.2) is 75.7 Å². The van der Waals surface area contributed by atoms with Gasteiger partial charge in [-0.2, -0.15) is 8.42 Å². The first-order valence-corrected chi connectivity index (χ1v) is 12.7. The first kappa shape index (κ1) is 30.2. The zero-order valence-electron chi connectivity index (χ0n) is 18.1. The maximum absolute atomic E-state index is 8.74. The van der Waals surface area contributed by atoms with Crippen molar-refractivity contribution >= 4 is 27.0 Å². The van der Waals surface area contributed by atoms with Crippen LogP contribution in [0.25, 0.3) is 6.20 Å². The lowest BCUT2D eigenvalue weighted by Crippen LogP contribution is -2.30. The summed E-state index contributed by atoms with van der Waals surface area (Å²) in [5.41, 5.74) is 0. The van der Waals surface area contributed by atoms with Gasteiger partial charge in [0.2, 0.25) is 16.7 Å². The van der Waals surface area contributed by atoms with Gasteiger partial charge in [-0.1, -0.05) is 32.4 Å². The highest BCUT2D eigenvalue weighted by Crippen LogP contribution is 2.09. The van der Waals surface area contributed by atoms with Gasteiger partial charge in [0.1, 0.15) is 12.4 Å². The normalized spacial score (nSPS) is 14.2. The highest BCUT2D eigenvalue weighted by molar-refractivity contribution is 7.80. The molecule has 0 bridgehead atoms. The third-order valence-corrected chi connectivity index (χ3v) is 4.41. The van der Waals surface area contributed by atoms with Crippen LogP contribution in [0.3, 0.4) is 0 Å². The summed E-state index contributed by atoms with van der Waals surface area (Å²) in [6.45, 7) is 13.4. The maximum Gasteiger partial charge on any atom is 0.394 e. The number of nitrogens with zero attached hydrogens (tertiary/aromatic N) is 4. The first-order chi connectivity index (χ1) is 14.8. The van der Waals surface area contributed by atoms with E-state index < -0.39 is 20.8 Å². The van der Waals surface area contributed by atoms with Crippen LogP contribution < -0.4 is 4.57 Å². The van der Waals surface area contributed by atoms with Crippen molar-refractivity contribution in [3.63, 3.8) is 0 Å². The maximum atomic E-state index is 8.74. The van der Waals surface area contributed by atoms with Gasteiger partial charge in [-0.05, 0) is 32.0 Å². The first-order valence-electron chi connectivity index (χ1n) is 9.98. The molecule has 3 N–H and O–H groups in total. The summed E-state index contributed by atoms with van der Waals surface area (Å²) in [4.78, 5) is 4.82. The van der Waals surface area contributed by atoms with Gasteiger partial charge in [0.25, 0.3) is 0 Å². The quantitative estimate of drug-likeness (QED) is 0.175. The van der Waals surface area contributed by atoms with Gasteiger partial charge >= 0.3 is 10.4 Å². The second kappa shape index (κ2) is 15.9. The van der Waals surface area contributed by atoms with E-state index in [-0.39, 0.29) is 0 Å². The lowest BCUT2D eigenvalue weighted by Gasteiger charge is -2.15. The minimum Gasteiger partial charge on any atom is -0.726 e. The number of aryl methyl sites for hydroxylation is 1. The third-order valence-electron chi connectivity index (χ3n) is 4.41. The molecule has 0 saturated carbocycles. The van der Waals surface area contributed by atoms with E-state index in [2.05, 4.69) is 40.0 Å². The smallest absolute Gasteiger partial charge is 0.394 e. The molecule has 186 valence electrons. The number of imidazole rings is 1. The molecule has 0 unspecified atom stereocenters. The molecular weight excluding hydrogens is 464 g/mol. The van der Waals surface area contributed by atoms with Crippen molar-refractivity contribution in [3.05, 3.63) is 38.1 Å². The van der Waals surface area contributed by atoms with E-state index >= 15 is 0 Å². The van der Waals surface area contributed by atoms with Crippen LogP contribution in [0, 0.1) is 0 Å². The molecular formula is C18H34N4O8S2. The molecule has 0 atom stereocenters. The van der Waals surface area contributed by atoms with Crippen LogP contribution >= 0.6 is 0 Å². The summed E-state index contributed by atoms with van der Waals surface area (Å²) >= 11 is 0. The molecule has 0 aromatic carbocycles. The van der Waals surface area contributed by atoms with Crippen molar-refractivity contribution in [1.29, 1.82) is 0 Å². The second-order valence-corrected chi connectivity index (χ2v) is 8.78. The average Bonchev–Trinajstić information content (AvgIpc) is 3.30. The lowest BCUT2D eigenvalue weighted by molar-refractivity contribution is -0.696. The number of aromatic nitrogens is 2. The monoisotopic (exact) mass is 498 g/mol. The Bertz CT molecular complexity index is 825. The molecule has 1 fully saturated rings. The number of rotatable bonds is 11. The highest BCUT2D eigenvalue weighted by atomic mass is 32.3. The molecule has 0 amide bonds. The van der Waals surface area contributed by atoms with Gasteiger partial charge in [-0.15, -0.1) is 0 Å². The molecule has 1 aromatic rings. The summed E-state index contributed by atoms with van der Waals surface area (Å²) in [6, 6.07) is 0. The van der Waals surface area contributed by atoms with Gasteiger partial charge in [-0.3, -0.25) is 18.6 Å². The molecule has 12 nitrogen and oxygen atoms in total. The van der Waals surface area contributed by atoms with Crippen LogP contribution in [0.4, 0.5) is 0 Å². The Labute approximate surface area is 190 Å². The summed E-state index contributed by atoms with van der Waals surface area (Å²) in [5.74, 6) is 0. The van der Waals surface area contributed by atoms with Crippen LogP contribution in [0.15, 0.2) is 38.1 Å². The van der Waals surface area contributed by atoms with E-state index in [0.717, 1.165) is 19.8 Å². The minimum atomic E-state index is -4.92. The fourth-order valence-corrected chi connectivity index (χ4v) is 2.99. The van der Waals surface area contributed by atoms with Gasteiger partial charge in [0, 0.05) is 13.1 Å². The van der Waals surface area contributed by atoms with Crippen molar-refractivity contribution < 1.29 is 39.6 Å². The Morgan fingerprint density at radius 3 is 1.94 bits per heavy atom. The largest absolute Gasteiger partial charge is 0.726 e. The Morgan fingerprint density at radius 2 is 1.47 bits per heavy atom. The molecule has 2 heterocycles. The van der Waals surface area contributed by atoms with E-state index in [1.165, 1.54) is 51.6 Å². The summed E-state index contributed by atoms with van der Waals surface area (Å²) < 4.78 is 68.6. The standard InChI is InChI=1S/C18H31N4.2H2O4S/c1-3-19-13-15-21(17-19)11-9-7-5-6-8-10-12-22-16-14-20(4-2)18-22;2*1-5(2,3)4/h3-4,13,15,17H,1-2,5-12,14,16,18H2;2*(H2,1,2,3,4)/q+1;;/p-1. The molecule has 0 aliphatic carbocycles. The van der Waals surface area contributed by atoms with E-state index in [4.69, 9.17) is 35.0 Å². The van der Waals surface area contributed by atoms with E-state index in [1.807, 2.05) is 23.2 Å². The van der Waals surface area contributed by atoms with Gasteiger partial charge < -0.3 is 9.45 Å². The van der Waals surface area contributed by atoms with Crippen LogP contribution in [0.5, 0.6) is 0 Å². The Kier molecular flexibility index (Phi) is 15.0. The molecule has 1 saturated heterocycles. The molecule has 32 heavy (non-hydrogen) atoms. The molecule has 0 spiro atoms. The van der Waals surface area contributed by atoms with Crippen LogP contribution in [0.1, 0.15) is 38.5 Å². The van der Waals surface area contributed by atoms with Crippen molar-refractivity contribution in [2.24, 2.45) is 0 Å². The molecule has 1 aliphatic heterocycles. The number of hydrogen-bond acceptors (Lipinski definition) is 7. The Balaban J connectivity index is 0.000000805. The minimum absolute atomic E-state index is 1.07. The number of unbranched alkanes of at least 4 members (excludes halogenated alkanes) is 5. The zero-order valence-corrected chi connectivity index (χ0v) is 19.7. The Morgan fingerprint density at radius 1 is 0.938 bits per heavy atom. The highest BCUT2D eigenvalue weighted by Gasteiger charge is 2.15. The number of hydrogen-bond donors (Lipinski definition) is 3. The van der Waals surface area contributed by atoms with Crippen LogP contribution in [0.2, 0.25) is 0 Å². The third kappa shape index (κ3) is 21.4. The van der Waals surface area contributed by atoms with E-state index in [0.29, 0.717) is 0 Å². The SMILES string of the molecule is C=CN1CCN(CCCCCCCC[n+]2ccn(C=C)c2)C1.O=S(=O)(O)O.O=S(=O)([O-])O. The fourth-order valence-electron chi connectivity index (χ4n) is 2.99. The van der Waals surface area contributed by atoms with E-state index in [1.54, 1.807) is 0 Å². The predicted octanol–water partition coefficient (Wildman–Crippen LogP) is 1.29. The molecule has 1 aromatic heterocycles. The fraction of sp³-hybridized carbons (Fsp3) is 0.611. The lowest BCUT2D eigenvalue weighted by atomic mass is 10.1. The van der Waals surface area contributed by atoms with E-state index in [9.17, 15) is 0 Å². The van der Waals surface area contributed by atoms with Gasteiger partial charge in [-0.25, -0.2) is 17.6 Å². The van der Waals surface area contributed by atoms with Crippen LogP contribution in [-0.2, 0) is 27.3 Å².